The maximum atomic E-state index is 2.81. The van der Waals surface area contributed by atoms with Crippen molar-refractivity contribution in [1.29, 1.82) is 0 Å². The third kappa shape index (κ3) is 4.28. The van der Waals surface area contributed by atoms with Crippen LogP contribution in [0.25, 0.3) is 0 Å². The van der Waals surface area contributed by atoms with E-state index in [-0.39, 0.29) is 0 Å². The van der Waals surface area contributed by atoms with Gasteiger partial charge in [0.25, 0.3) is 0 Å². The van der Waals surface area contributed by atoms with E-state index in [2.05, 4.69) is 23.3 Å². The van der Waals surface area contributed by atoms with Gasteiger partial charge in [-0.1, -0.05) is 76.4 Å². The van der Waals surface area contributed by atoms with Gasteiger partial charge in [0, 0.05) is 10.8 Å². The van der Waals surface area contributed by atoms with E-state index in [1.165, 1.54) is 103 Å². The van der Waals surface area contributed by atoms with Crippen molar-refractivity contribution in [2.45, 2.75) is 167 Å². The number of hydrogen-bond acceptors (Lipinski definition) is 0. The van der Waals surface area contributed by atoms with E-state index >= 15 is 0 Å². The second-order valence-corrected chi connectivity index (χ2v) is 15.2. The molecule has 7 aliphatic carbocycles. The third-order valence-electron chi connectivity index (χ3n) is 13.7. The topological polar surface area (TPSA) is 0 Å². The summed E-state index contributed by atoms with van der Waals surface area (Å²) in [5.41, 5.74) is 9.02. The minimum atomic E-state index is 0.506. The van der Waals surface area contributed by atoms with E-state index in [0.29, 0.717) is 10.8 Å². The molecule has 4 fully saturated rings. The van der Waals surface area contributed by atoms with Gasteiger partial charge in [-0.25, -0.2) is 0 Å². The Morgan fingerprint density at radius 2 is 0.737 bits per heavy atom. The van der Waals surface area contributed by atoms with E-state index < -0.39 is 0 Å². The highest BCUT2D eigenvalue weighted by Crippen LogP contribution is 2.71. The van der Waals surface area contributed by atoms with Crippen LogP contribution in [0.1, 0.15) is 167 Å². The van der Waals surface area contributed by atoms with Gasteiger partial charge in [-0.2, -0.15) is 0 Å². The van der Waals surface area contributed by atoms with Gasteiger partial charge in [0.05, 0.1) is 0 Å². The van der Waals surface area contributed by atoms with Gasteiger partial charge < -0.3 is 0 Å². The van der Waals surface area contributed by atoms with Crippen LogP contribution in [0.4, 0.5) is 0 Å². The normalized spacial score (nSPS) is 36.8. The second-order valence-electron chi connectivity index (χ2n) is 15.2. The minimum absolute atomic E-state index is 0.506. The monoisotopic (exact) mass is 514 g/mol. The number of allylic oxidation sites excluding steroid dienone is 6. The van der Waals surface area contributed by atoms with E-state index in [0.717, 1.165) is 23.7 Å². The Balaban J connectivity index is 1.49. The van der Waals surface area contributed by atoms with Gasteiger partial charge in [-0.05, 0) is 149 Å². The van der Waals surface area contributed by atoms with Gasteiger partial charge >= 0.3 is 0 Å². The summed E-state index contributed by atoms with van der Waals surface area (Å²) in [6.07, 6.45) is 44.6. The van der Waals surface area contributed by atoms with Crippen LogP contribution in [0.5, 0.6) is 0 Å². The molecule has 7 aliphatic rings. The molecule has 0 N–H and O–H groups in total. The van der Waals surface area contributed by atoms with Gasteiger partial charge in [-0.3, -0.25) is 0 Å². The Bertz CT molecular complexity index is 921. The van der Waals surface area contributed by atoms with Crippen molar-refractivity contribution < 1.29 is 0 Å². The van der Waals surface area contributed by atoms with Crippen LogP contribution in [0.15, 0.2) is 34.4 Å². The SMILES string of the molecule is C1=C(C2=C(C3=CCCC3)C(C3CCCC3)(C3CCC3)CCC2(C2CCCCCC2)C2CCCCC2)CCC1. The Kier molecular flexibility index (Phi) is 7.73. The maximum absolute atomic E-state index is 2.81. The van der Waals surface area contributed by atoms with Gasteiger partial charge in [-0.15, -0.1) is 0 Å². The Hall–Kier alpha value is -0.780. The molecule has 210 valence electrons. The van der Waals surface area contributed by atoms with Crippen molar-refractivity contribution in [1.82, 2.24) is 0 Å². The number of rotatable bonds is 6. The molecule has 7 rings (SSSR count). The molecular weight excluding hydrogens is 456 g/mol. The molecule has 0 amide bonds. The van der Waals surface area contributed by atoms with Gasteiger partial charge in [0.1, 0.15) is 0 Å². The zero-order chi connectivity index (χ0) is 25.4. The van der Waals surface area contributed by atoms with E-state index in [1.807, 2.05) is 11.1 Å². The van der Waals surface area contributed by atoms with E-state index in [9.17, 15) is 0 Å². The van der Waals surface area contributed by atoms with Crippen LogP contribution in [-0.2, 0) is 0 Å². The Labute approximate surface area is 235 Å². The first-order valence-corrected chi connectivity index (χ1v) is 18.0. The zero-order valence-electron chi connectivity index (χ0n) is 24.8. The lowest BCUT2D eigenvalue weighted by atomic mass is 9.42. The lowest BCUT2D eigenvalue weighted by Crippen LogP contribution is -2.52. The average Bonchev–Trinajstić information content (AvgIpc) is 3.71. The van der Waals surface area contributed by atoms with Crippen molar-refractivity contribution in [2.24, 2.45) is 34.5 Å². The summed E-state index contributed by atoms with van der Waals surface area (Å²) in [7, 11) is 0. The zero-order valence-corrected chi connectivity index (χ0v) is 24.8. The fraction of sp³-hybridized carbons (Fsp3) is 0.842. The molecule has 2 atom stereocenters. The first-order chi connectivity index (χ1) is 18.8. The predicted molar refractivity (Wildman–Crippen MR) is 162 cm³/mol. The molecule has 0 aromatic rings. The Morgan fingerprint density at radius 3 is 1.05 bits per heavy atom. The van der Waals surface area contributed by atoms with E-state index in [1.54, 1.807) is 64.2 Å². The van der Waals surface area contributed by atoms with Crippen LogP contribution >= 0.6 is 0 Å². The molecule has 0 aromatic carbocycles. The summed E-state index contributed by atoms with van der Waals surface area (Å²) in [6.45, 7) is 0. The van der Waals surface area contributed by atoms with Crippen LogP contribution in [0.3, 0.4) is 0 Å². The molecular formula is C38H58. The largest absolute Gasteiger partial charge is 0.0810 e. The molecule has 0 heterocycles. The molecule has 38 heavy (non-hydrogen) atoms. The fourth-order valence-electron chi connectivity index (χ4n) is 11.9. The molecule has 4 saturated carbocycles. The summed E-state index contributed by atoms with van der Waals surface area (Å²) in [5, 5.41) is 0. The molecule has 0 aromatic heterocycles. The standard InChI is InChI=1S/C38H58/c1-2-5-20-31(19-4-1)37(32-21-6-3-7-22-32)27-28-38(34-25-14-26-34,33-23-12-13-24-33)36(30-17-10-11-18-30)35(37)29-15-8-9-16-29/h15,17,31-34H,1-14,16,18-28H2. The summed E-state index contributed by atoms with van der Waals surface area (Å²) in [5.74, 6) is 3.91. The first kappa shape index (κ1) is 26.1. The molecule has 0 radical (unpaired) electrons. The highest BCUT2D eigenvalue weighted by molar-refractivity contribution is 5.56. The first-order valence-electron chi connectivity index (χ1n) is 18.0. The van der Waals surface area contributed by atoms with Crippen molar-refractivity contribution >= 4 is 0 Å². The summed E-state index contributed by atoms with van der Waals surface area (Å²) < 4.78 is 0. The molecule has 0 heteroatoms. The van der Waals surface area contributed by atoms with Crippen LogP contribution in [-0.4, -0.2) is 0 Å². The van der Waals surface area contributed by atoms with Crippen molar-refractivity contribution in [3.8, 4) is 0 Å². The average molecular weight is 515 g/mol. The fourth-order valence-corrected chi connectivity index (χ4v) is 11.9. The van der Waals surface area contributed by atoms with E-state index in [4.69, 9.17) is 0 Å². The molecule has 0 spiro atoms. The smallest absolute Gasteiger partial charge is 0.00154 e. The van der Waals surface area contributed by atoms with Gasteiger partial charge in [0.15, 0.2) is 0 Å². The lowest BCUT2D eigenvalue weighted by Gasteiger charge is -2.62. The van der Waals surface area contributed by atoms with Crippen molar-refractivity contribution in [3.63, 3.8) is 0 Å². The molecule has 0 aliphatic heterocycles. The van der Waals surface area contributed by atoms with Crippen LogP contribution < -0.4 is 0 Å². The van der Waals surface area contributed by atoms with Crippen LogP contribution in [0, 0.1) is 34.5 Å². The minimum Gasteiger partial charge on any atom is -0.0810 e. The molecule has 0 nitrogen and oxygen atoms in total. The summed E-state index contributed by atoms with van der Waals surface area (Å²) >= 11 is 0. The molecule has 0 saturated heterocycles. The molecule has 0 bridgehead atoms. The van der Waals surface area contributed by atoms with Crippen LogP contribution in [0.2, 0.25) is 0 Å². The van der Waals surface area contributed by atoms with Crippen molar-refractivity contribution in [2.75, 3.05) is 0 Å². The summed E-state index contributed by atoms with van der Waals surface area (Å²) in [4.78, 5) is 0. The highest BCUT2D eigenvalue weighted by Gasteiger charge is 2.60. The summed E-state index contributed by atoms with van der Waals surface area (Å²) in [6, 6.07) is 0. The number of hydrogen-bond donors (Lipinski definition) is 0. The lowest BCUT2D eigenvalue weighted by molar-refractivity contribution is -0.0183. The maximum Gasteiger partial charge on any atom is 0.00154 e. The predicted octanol–water partition coefficient (Wildman–Crippen LogP) is 11.8. The van der Waals surface area contributed by atoms with Crippen molar-refractivity contribution in [3.05, 3.63) is 34.4 Å². The third-order valence-corrected chi connectivity index (χ3v) is 13.7. The van der Waals surface area contributed by atoms with Gasteiger partial charge in [0.2, 0.25) is 0 Å². The highest BCUT2D eigenvalue weighted by atomic mass is 14.6. The molecule has 2 unspecified atom stereocenters. The Morgan fingerprint density at radius 1 is 0.395 bits per heavy atom. The second kappa shape index (κ2) is 11.2. The quantitative estimate of drug-likeness (QED) is 0.309.